The molecule has 3 nitrogen and oxygen atoms in total. The van der Waals surface area contributed by atoms with E-state index in [0.29, 0.717) is 20.3 Å². The van der Waals surface area contributed by atoms with Crippen LogP contribution in [-0.2, 0) is 12.7 Å². The lowest BCUT2D eigenvalue weighted by Crippen LogP contribution is -2.17. The lowest BCUT2D eigenvalue weighted by atomic mass is 10.1. The summed E-state index contributed by atoms with van der Waals surface area (Å²) < 4.78 is 40.8. The Bertz CT molecular complexity index is 1160. The van der Waals surface area contributed by atoms with Crippen molar-refractivity contribution < 1.29 is 18.0 Å². The van der Waals surface area contributed by atoms with Crippen LogP contribution >= 0.6 is 34.5 Å². The summed E-state index contributed by atoms with van der Waals surface area (Å²) in [7, 11) is 0. The molecule has 3 rings (SSSR count). The van der Waals surface area contributed by atoms with Gasteiger partial charge in [-0.05, 0) is 30.3 Å². The monoisotopic (exact) mass is 428 g/mol. The quantitative estimate of drug-likeness (QED) is 0.503. The van der Waals surface area contributed by atoms with Gasteiger partial charge in [0.1, 0.15) is 0 Å². The van der Waals surface area contributed by atoms with Crippen LogP contribution < -0.4 is 4.80 Å². The first-order valence-electron chi connectivity index (χ1n) is 7.39. The van der Waals surface area contributed by atoms with Gasteiger partial charge >= 0.3 is 6.18 Å². The minimum atomic E-state index is -4.55. The van der Waals surface area contributed by atoms with Crippen molar-refractivity contribution >= 4 is 50.7 Å². The third-order valence-electron chi connectivity index (χ3n) is 3.58. The first-order valence-corrected chi connectivity index (χ1v) is 8.96. The maximum absolute atomic E-state index is 12.9. The van der Waals surface area contributed by atoms with E-state index in [1.54, 1.807) is 10.6 Å². The van der Waals surface area contributed by atoms with E-state index in [9.17, 15) is 18.0 Å². The number of alkyl halides is 3. The SMILES string of the molecule is C#CCn1c(=NC(=O)c2cccc(C(F)(F)F)c2)sc2cc(Cl)cc(Cl)c21. The van der Waals surface area contributed by atoms with E-state index >= 15 is 0 Å². The minimum absolute atomic E-state index is 0.0794. The highest BCUT2D eigenvalue weighted by molar-refractivity contribution is 7.16. The van der Waals surface area contributed by atoms with E-state index in [0.717, 1.165) is 29.5 Å². The number of amides is 1. The highest BCUT2D eigenvalue weighted by Crippen LogP contribution is 2.31. The second kappa shape index (κ2) is 7.39. The van der Waals surface area contributed by atoms with E-state index in [2.05, 4.69) is 10.9 Å². The van der Waals surface area contributed by atoms with Crippen molar-refractivity contribution in [3.05, 3.63) is 62.4 Å². The molecule has 1 aromatic heterocycles. The van der Waals surface area contributed by atoms with Gasteiger partial charge in [0.25, 0.3) is 5.91 Å². The number of aromatic nitrogens is 1. The number of rotatable bonds is 2. The molecule has 0 N–H and O–H groups in total. The number of carbonyl (C=O) groups excluding carboxylic acids is 1. The lowest BCUT2D eigenvalue weighted by Gasteiger charge is -2.06. The molecular weight excluding hydrogens is 420 g/mol. The number of benzene rings is 2. The molecular formula is C18H9Cl2F3N2OS. The molecule has 0 aliphatic heterocycles. The van der Waals surface area contributed by atoms with Gasteiger partial charge in [-0.25, -0.2) is 0 Å². The molecule has 0 saturated heterocycles. The van der Waals surface area contributed by atoms with Crippen molar-refractivity contribution in [2.75, 3.05) is 0 Å². The van der Waals surface area contributed by atoms with Crippen molar-refractivity contribution in [2.45, 2.75) is 12.7 Å². The summed E-state index contributed by atoms with van der Waals surface area (Å²) in [5.41, 5.74) is -0.551. The van der Waals surface area contributed by atoms with Gasteiger partial charge in [0.15, 0.2) is 4.80 Å². The summed E-state index contributed by atoms with van der Waals surface area (Å²) in [5.74, 6) is 1.63. The number of carbonyl (C=O) groups is 1. The molecule has 0 aliphatic carbocycles. The minimum Gasteiger partial charge on any atom is -0.303 e. The van der Waals surface area contributed by atoms with Crippen LogP contribution in [0.5, 0.6) is 0 Å². The topological polar surface area (TPSA) is 34.4 Å². The van der Waals surface area contributed by atoms with Crippen molar-refractivity contribution in [3.8, 4) is 12.3 Å². The van der Waals surface area contributed by atoms with Crippen LogP contribution in [0.3, 0.4) is 0 Å². The van der Waals surface area contributed by atoms with E-state index in [4.69, 9.17) is 29.6 Å². The molecule has 0 aliphatic rings. The first kappa shape index (κ1) is 19.5. The summed E-state index contributed by atoms with van der Waals surface area (Å²) in [6.07, 6.45) is 0.828. The second-order valence-corrected chi connectivity index (χ2v) is 7.26. The summed E-state index contributed by atoms with van der Waals surface area (Å²) in [6, 6.07) is 7.25. The third-order valence-corrected chi connectivity index (χ3v) is 5.11. The predicted molar refractivity (Wildman–Crippen MR) is 100 cm³/mol. The molecule has 0 radical (unpaired) electrons. The first-order chi connectivity index (χ1) is 12.7. The van der Waals surface area contributed by atoms with Gasteiger partial charge in [0, 0.05) is 10.6 Å². The second-order valence-electron chi connectivity index (χ2n) is 5.40. The molecule has 0 atom stereocenters. The molecule has 2 aromatic carbocycles. The van der Waals surface area contributed by atoms with Crippen LogP contribution in [0.15, 0.2) is 41.4 Å². The van der Waals surface area contributed by atoms with Crippen LogP contribution in [0.25, 0.3) is 10.2 Å². The average molecular weight is 429 g/mol. The molecule has 0 fully saturated rings. The van der Waals surface area contributed by atoms with Crippen LogP contribution in [0.1, 0.15) is 15.9 Å². The van der Waals surface area contributed by atoms with E-state index < -0.39 is 17.6 Å². The van der Waals surface area contributed by atoms with E-state index in [1.165, 1.54) is 12.1 Å². The average Bonchev–Trinajstić information content (AvgIpc) is 2.92. The number of thiazole rings is 1. The predicted octanol–water partition coefficient (Wildman–Crippen LogP) is 5.40. The van der Waals surface area contributed by atoms with Crippen molar-refractivity contribution in [1.29, 1.82) is 0 Å². The summed E-state index contributed by atoms with van der Waals surface area (Å²) in [5, 5.41) is 0.731. The fraction of sp³-hybridized carbons (Fsp3) is 0.111. The molecule has 27 heavy (non-hydrogen) atoms. The zero-order valence-electron chi connectivity index (χ0n) is 13.3. The molecule has 138 valence electrons. The van der Waals surface area contributed by atoms with Crippen molar-refractivity contribution in [2.24, 2.45) is 4.99 Å². The molecule has 0 bridgehead atoms. The van der Waals surface area contributed by atoms with Crippen LogP contribution in [0.2, 0.25) is 10.0 Å². The third kappa shape index (κ3) is 4.03. The summed E-state index contributed by atoms with van der Waals surface area (Å²) >= 11 is 13.3. The number of hydrogen-bond acceptors (Lipinski definition) is 2. The van der Waals surface area contributed by atoms with Crippen molar-refractivity contribution in [3.63, 3.8) is 0 Å². The number of nitrogens with zero attached hydrogens (tertiary/aromatic N) is 2. The Balaban J connectivity index is 2.16. The van der Waals surface area contributed by atoms with Gasteiger partial charge in [0.05, 0.1) is 27.3 Å². The fourth-order valence-corrected chi connectivity index (χ4v) is 4.24. The summed E-state index contributed by atoms with van der Waals surface area (Å²) in [6.45, 7) is 0.0794. The van der Waals surface area contributed by atoms with Crippen LogP contribution in [-0.4, -0.2) is 10.5 Å². The van der Waals surface area contributed by atoms with E-state index in [-0.39, 0.29) is 16.9 Å². The lowest BCUT2D eigenvalue weighted by molar-refractivity contribution is -0.137. The van der Waals surface area contributed by atoms with Gasteiger partial charge in [-0.1, -0.05) is 46.5 Å². The Hall–Kier alpha value is -2.27. The Labute approximate surface area is 165 Å². The van der Waals surface area contributed by atoms with Crippen LogP contribution in [0, 0.1) is 12.3 Å². The normalized spacial score (nSPS) is 12.4. The molecule has 1 heterocycles. The van der Waals surface area contributed by atoms with Gasteiger partial charge in [0.2, 0.25) is 0 Å². The molecule has 1 amide bonds. The maximum atomic E-state index is 12.9. The summed E-state index contributed by atoms with van der Waals surface area (Å²) in [4.78, 5) is 16.6. The van der Waals surface area contributed by atoms with Gasteiger partial charge in [-0.15, -0.1) is 6.42 Å². The molecule has 0 spiro atoms. The number of hydrogen-bond donors (Lipinski definition) is 0. The van der Waals surface area contributed by atoms with Crippen LogP contribution in [0.4, 0.5) is 13.2 Å². The molecule has 9 heteroatoms. The fourth-order valence-electron chi connectivity index (χ4n) is 2.43. The van der Waals surface area contributed by atoms with Gasteiger partial charge < -0.3 is 4.57 Å². The highest BCUT2D eigenvalue weighted by Gasteiger charge is 2.30. The standard InChI is InChI=1S/C18H9Cl2F3N2OS/c1-2-6-25-15-13(20)8-12(19)9-14(15)27-17(25)24-16(26)10-4-3-5-11(7-10)18(21,22)23/h1,3-5,7-9H,6H2. The zero-order valence-corrected chi connectivity index (χ0v) is 15.7. The van der Waals surface area contributed by atoms with E-state index in [1.807, 2.05) is 0 Å². The zero-order chi connectivity index (χ0) is 19.8. The maximum Gasteiger partial charge on any atom is 0.416 e. The Morgan fingerprint density at radius 1 is 1.26 bits per heavy atom. The van der Waals surface area contributed by atoms with Crippen molar-refractivity contribution in [1.82, 2.24) is 4.57 Å². The number of fused-ring (bicyclic) bond motifs is 1. The molecule has 0 unspecified atom stereocenters. The van der Waals surface area contributed by atoms with Gasteiger partial charge in [-0.2, -0.15) is 18.2 Å². The Morgan fingerprint density at radius 2 is 2.00 bits per heavy atom. The molecule has 0 saturated carbocycles. The number of halogens is 5. The number of terminal acetylenes is 1. The smallest absolute Gasteiger partial charge is 0.303 e. The Kier molecular flexibility index (Phi) is 5.33. The Morgan fingerprint density at radius 3 is 2.67 bits per heavy atom. The van der Waals surface area contributed by atoms with Gasteiger partial charge in [-0.3, -0.25) is 4.79 Å². The molecule has 3 aromatic rings. The largest absolute Gasteiger partial charge is 0.416 e. The highest BCUT2D eigenvalue weighted by atomic mass is 35.5.